The Kier molecular flexibility index (Phi) is 5.10. The Hall–Kier alpha value is -2.83. The predicted molar refractivity (Wildman–Crippen MR) is 92.4 cm³/mol. The van der Waals surface area contributed by atoms with Gasteiger partial charge in [-0.05, 0) is 37.1 Å². The van der Waals surface area contributed by atoms with Crippen molar-refractivity contribution >= 4 is 17.5 Å². The van der Waals surface area contributed by atoms with Gasteiger partial charge < -0.3 is 15.0 Å². The zero-order chi connectivity index (χ0) is 16.8. The highest BCUT2D eigenvalue weighted by Crippen LogP contribution is 2.29. The van der Waals surface area contributed by atoms with Crippen molar-refractivity contribution in [1.82, 2.24) is 15.5 Å². The first-order valence-corrected chi connectivity index (χ1v) is 7.99. The Morgan fingerprint density at radius 1 is 1.21 bits per heavy atom. The van der Waals surface area contributed by atoms with E-state index in [9.17, 15) is 4.79 Å². The molecule has 7 heteroatoms. The van der Waals surface area contributed by atoms with Gasteiger partial charge in [0.2, 0.25) is 0 Å². The number of ether oxygens (including phenoxy) is 1. The first-order chi connectivity index (χ1) is 11.8. The lowest BCUT2D eigenvalue weighted by atomic mass is 10.0. The van der Waals surface area contributed by atoms with Crippen LogP contribution in [-0.4, -0.2) is 42.5 Å². The summed E-state index contributed by atoms with van der Waals surface area (Å²) in [5, 5.41) is 13.3. The molecule has 1 saturated heterocycles. The van der Waals surface area contributed by atoms with E-state index in [1.165, 1.54) is 0 Å². The molecule has 2 heterocycles. The smallest absolute Gasteiger partial charge is 0.320 e. The Balaban J connectivity index is 1.51. The number of hydrogen-bond acceptors (Lipinski definition) is 5. The molecule has 0 bridgehead atoms. The van der Waals surface area contributed by atoms with Crippen molar-refractivity contribution in [3.05, 3.63) is 42.6 Å². The number of piperidine rings is 1. The van der Waals surface area contributed by atoms with E-state index in [0.717, 1.165) is 37.4 Å². The second-order valence-corrected chi connectivity index (χ2v) is 5.64. The second-order valence-electron chi connectivity index (χ2n) is 5.64. The van der Waals surface area contributed by atoms with E-state index in [1.807, 2.05) is 18.2 Å². The maximum atomic E-state index is 12.0. The van der Waals surface area contributed by atoms with E-state index in [0.29, 0.717) is 5.82 Å². The summed E-state index contributed by atoms with van der Waals surface area (Å²) in [5.41, 5.74) is 1.10. The highest BCUT2D eigenvalue weighted by atomic mass is 16.5. The minimum absolute atomic E-state index is 0.146. The average Bonchev–Trinajstić information content (AvgIpc) is 2.63. The quantitative estimate of drug-likeness (QED) is 0.900. The molecule has 126 valence electrons. The van der Waals surface area contributed by atoms with Crippen molar-refractivity contribution in [3.63, 3.8) is 0 Å². The fourth-order valence-corrected chi connectivity index (χ4v) is 2.86. The third-order valence-electron chi connectivity index (χ3n) is 4.07. The van der Waals surface area contributed by atoms with E-state index in [-0.39, 0.29) is 12.1 Å². The number of carbonyl (C=O) groups excluding carboxylic acids is 1. The van der Waals surface area contributed by atoms with Crippen LogP contribution < -0.4 is 20.3 Å². The molecule has 1 fully saturated rings. The van der Waals surface area contributed by atoms with Gasteiger partial charge in [-0.3, -0.25) is 5.32 Å². The predicted octanol–water partition coefficient (Wildman–Crippen LogP) is 2.28. The van der Waals surface area contributed by atoms with Crippen LogP contribution in [-0.2, 0) is 0 Å². The Morgan fingerprint density at radius 3 is 2.71 bits per heavy atom. The summed E-state index contributed by atoms with van der Waals surface area (Å²) in [6, 6.07) is 11.3. The molecule has 2 aromatic rings. The fourth-order valence-electron chi connectivity index (χ4n) is 2.86. The van der Waals surface area contributed by atoms with Gasteiger partial charge in [-0.25, -0.2) is 4.79 Å². The molecule has 1 aliphatic heterocycles. The number of carbonyl (C=O) groups is 1. The van der Waals surface area contributed by atoms with Crippen molar-refractivity contribution in [1.29, 1.82) is 0 Å². The third-order valence-corrected chi connectivity index (χ3v) is 4.07. The summed E-state index contributed by atoms with van der Waals surface area (Å²) < 4.78 is 5.42. The summed E-state index contributed by atoms with van der Waals surface area (Å²) >= 11 is 0. The van der Waals surface area contributed by atoms with Gasteiger partial charge in [-0.15, -0.1) is 5.10 Å². The summed E-state index contributed by atoms with van der Waals surface area (Å²) in [7, 11) is 1.68. The zero-order valence-corrected chi connectivity index (χ0v) is 13.6. The topological polar surface area (TPSA) is 79.4 Å². The van der Waals surface area contributed by atoms with Crippen LogP contribution in [0, 0.1) is 0 Å². The number of amides is 2. The van der Waals surface area contributed by atoms with E-state index in [2.05, 4.69) is 31.8 Å². The number of hydrogen-bond donors (Lipinski definition) is 2. The number of methoxy groups -OCH3 is 1. The number of aromatic nitrogens is 2. The maximum Gasteiger partial charge on any atom is 0.320 e. The molecule has 1 aromatic heterocycles. The Morgan fingerprint density at radius 2 is 2.00 bits per heavy atom. The molecule has 2 N–H and O–H groups in total. The lowest BCUT2D eigenvalue weighted by Gasteiger charge is -2.34. The fraction of sp³-hybridized carbons (Fsp3) is 0.353. The highest BCUT2D eigenvalue weighted by molar-refractivity contribution is 5.88. The standard InChI is InChI=1S/C17H21N5O2/c1-24-15-6-3-2-5-14(15)22-11-8-13(9-12-22)19-17(23)20-16-7-4-10-18-21-16/h2-7,10,13H,8-9,11-12H2,1H3,(H2,19,20,21,23). The minimum atomic E-state index is -0.244. The number of benzene rings is 1. The van der Waals surface area contributed by atoms with Crippen molar-refractivity contribution in [2.45, 2.75) is 18.9 Å². The lowest BCUT2D eigenvalue weighted by Crippen LogP contribution is -2.46. The first kappa shape index (κ1) is 16.0. The molecule has 1 aliphatic rings. The van der Waals surface area contributed by atoms with Crippen molar-refractivity contribution in [3.8, 4) is 5.75 Å². The molecule has 0 unspecified atom stereocenters. The van der Waals surface area contributed by atoms with Gasteiger partial charge in [0.15, 0.2) is 5.82 Å². The normalized spacial score (nSPS) is 15.0. The van der Waals surface area contributed by atoms with Crippen LogP contribution in [0.5, 0.6) is 5.75 Å². The van der Waals surface area contributed by atoms with Crippen molar-refractivity contribution in [2.24, 2.45) is 0 Å². The van der Waals surface area contributed by atoms with Crippen LogP contribution in [0.2, 0.25) is 0 Å². The van der Waals surface area contributed by atoms with Gasteiger partial charge in [-0.1, -0.05) is 12.1 Å². The van der Waals surface area contributed by atoms with Crippen LogP contribution in [0.1, 0.15) is 12.8 Å². The van der Waals surface area contributed by atoms with Gasteiger partial charge in [-0.2, -0.15) is 5.10 Å². The van der Waals surface area contributed by atoms with Gasteiger partial charge in [0.25, 0.3) is 0 Å². The van der Waals surface area contributed by atoms with Gasteiger partial charge >= 0.3 is 6.03 Å². The average molecular weight is 327 g/mol. The van der Waals surface area contributed by atoms with E-state index >= 15 is 0 Å². The molecular formula is C17H21N5O2. The van der Waals surface area contributed by atoms with Crippen LogP contribution >= 0.6 is 0 Å². The number of nitrogens with one attached hydrogen (secondary N) is 2. The molecule has 0 atom stereocenters. The summed E-state index contributed by atoms with van der Waals surface area (Å²) in [6.45, 7) is 1.74. The second kappa shape index (κ2) is 7.63. The zero-order valence-electron chi connectivity index (χ0n) is 13.6. The molecule has 24 heavy (non-hydrogen) atoms. The molecular weight excluding hydrogens is 306 g/mol. The Bertz CT molecular complexity index is 672. The minimum Gasteiger partial charge on any atom is -0.495 e. The largest absolute Gasteiger partial charge is 0.495 e. The highest BCUT2D eigenvalue weighted by Gasteiger charge is 2.22. The van der Waals surface area contributed by atoms with E-state index in [1.54, 1.807) is 25.4 Å². The van der Waals surface area contributed by atoms with E-state index < -0.39 is 0 Å². The van der Waals surface area contributed by atoms with Crippen LogP contribution in [0.25, 0.3) is 0 Å². The monoisotopic (exact) mass is 327 g/mol. The molecule has 0 radical (unpaired) electrons. The lowest BCUT2D eigenvalue weighted by molar-refractivity contribution is 0.246. The van der Waals surface area contributed by atoms with E-state index in [4.69, 9.17) is 4.74 Å². The Labute approximate surface area is 141 Å². The van der Waals surface area contributed by atoms with Gasteiger partial charge in [0, 0.05) is 25.3 Å². The van der Waals surface area contributed by atoms with Gasteiger partial charge in [0.1, 0.15) is 5.75 Å². The van der Waals surface area contributed by atoms with Crippen molar-refractivity contribution in [2.75, 3.05) is 30.4 Å². The molecule has 2 amide bonds. The number of nitrogens with zero attached hydrogens (tertiary/aromatic N) is 3. The number of urea groups is 1. The molecule has 0 saturated carbocycles. The molecule has 0 spiro atoms. The van der Waals surface area contributed by atoms with Crippen molar-refractivity contribution < 1.29 is 9.53 Å². The molecule has 1 aromatic carbocycles. The molecule has 0 aliphatic carbocycles. The SMILES string of the molecule is COc1ccccc1N1CCC(NC(=O)Nc2cccnn2)CC1. The van der Waals surface area contributed by atoms with Gasteiger partial charge in [0.05, 0.1) is 12.8 Å². The van der Waals surface area contributed by atoms with Crippen LogP contribution in [0.15, 0.2) is 42.6 Å². The summed E-state index contributed by atoms with van der Waals surface area (Å²) in [6.07, 6.45) is 3.33. The summed E-state index contributed by atoms with van der Waals surface area (Å²) in [4.78, 5) is 14.3. The number of para-hydroxylation sites is 2. The number of rotatable bonds is 4. The molecule has 3 rings (SSSR count). The number of anilines is 2. The third kappa shape index (κ3) is 3.92. The van der Waals surface area contributed by atoms with Crippen LogP contribution in [0.3, 0.4) is 0 Å². The maximum absolute atomic E-state index is 12.0. The van der Waals surface area contributed by atoms with Crippen LogP contribution in [0.4, 0.5) is 16.3 Å². The summed E-state index contributed by atoms with van der Waals surface area (Å²) in [5.74, 6) is 1.32. The molecule has 7 nitrogen and oxygen atoms in total. The first-order valence-electron chi connectivity index (χ1n) is 7.99.